The first kappa shape index (κ1) is 14.2. The maximum atomic E-state index is 10.8. The third-order valence-corrected chi connectivity index (χ3v) is 2.21. The number of hydrogen-bond donors (Lipinski definition) is 0. The highest BCUT2D eigenvalue weighted by atomic mass is 16.5. The molecule has 0 aromatic heterocycles. The van der Waals surface area contributed by atoms with Gasteiger partial charge in [0.25, 0.3) is 0 Å². The average molecular weight is 212 g/mol. The Kier molecular flexibility index (Phi) is 10.7. The van der Waals surface area contributed by atoms with E-state index in [2.05, 4.69) is 19.1 Å². The summed E-state index contributed by atoms with van der Waals surface area (Å²) >= 11 is 0. The lowest BCUT2D eigenvalue weighted by Gasteiger charge is -2.01. The molecule has 0 aliphatic carbocycles. The maximum Gasteiger partial charge on any atom is 0.305 e. The van der Waals surface area contributed by atoms with E-state index >= 15 is 0 Å². The lowest BCUT2D eigenvalue weighted by Crippen LogP contribution is -2.03. The summed E-state index contributed by atoms with van der Waals surface area (Å²) in [7, 11) is 0. The molecule has 0 rings (SSSR count). The molecular weight excluding hydrogens is 188 g/mol. The molecule has 0 unspecified atom stereocenters. The summed E-state index contributed by atoms with van der Waals surface area (Å²) in [6, 6.07) is 0. The summed E-state index contributed by atoms with van der Waals surface area (Å²) in [4.78, 5) is 10.8. The zero-order chi connectivity index (χ0) is 11.4. The molecule has 0 aromatic carbocycles. The Balaban J connectivity index is 3.11. The minimum absolute atomic E-state index is 0.0894. The van der Waals surface area contributed by atoms with E-state index in [1.807, 2.05) is 6.92 Å². The summed E-state index contributed by atoms with van der Waals surface area (Å²) in [5, 5.41) is 0. The fourth-order valence-corrected chi connectivity index (χ4v) is 1.21. The van der Waals surface area contributed by atoms with E-state index in [9.17, 15) is 4.79 Å². The third kappa shape index (κ3) is 11.1. The molecule has 0 fully saturated rings. The molecule has 2 heteroatoms. The fourth-order valence-electron chi connectivity index (χ4n) is 1.21. The van der Waals surface area contributed by atoms with Crippen molar-refractivity contribution in [1.29, 1.82) is 0 Å². The molecule has 88 valence electrons. The normalized spacial score (nSPS) is 10.8. The number of carbonyl (C=O) groups excluding carboxylic acids is 1. The van der Waals surface area contributed by atoms with Crippen LogP contribution in [0.5, 0.6) is 0 Å². The number of carbonyl (C=O) groups is 1. The lowest BCUT2D eigenvalue weighted by atomic mass is 10.2. The van der Waals surface area contributed by atoms with Gasteiger partial charge in [-0.05, 0) is 25.7 Å². The predicted molar refractivity (Wildman–Crippen MR) is 63.8 cm³/mol. The number of unbranched alkanes of at least 4 members (excludes halogenated alkanes) is 4. The second-order valence-corrected chi connectivity index (χ2v) is 3.68. The van der Waals surface area contributed by atoms with Crippen LogP contribution in [0.4, 0.5) is 0 Å². The van der Waals surface area contributed by atoms with Gasteiger partial charge in [-0.2, -0.15) is 0 Å². The van der Waals surface area contributed by atoms with Gasteiger partial charge in [-0.1, -0.05) is 38.8 Å². The van der Waals surface area contributed by atoms with Crippen molar-refractivity contribution in [3.63, 3.8) is 0 Å². The molecule has 0 heterocycles. The molecule has 0 saturated heterocycles. The first-order valence-corrected chi connectivity index (χ1v) is 6.11. The second-order valence-electron chi connectivity index (χ2n) is 3.68. The monoisotopic (exact) mass is 212 g/mol. The molecule has 0 saturated carbocycles. The Morgan fingerprint density at radius 1 is 1.07 bits per heavy atom. The van der Waals surface area contributed by atoms with Crippen LogP contribution in [0.2, 0.25) is 0 Å². The minimum atomic E-state index is -0.0894. The number of rotatable bonds is 9. The Hall–Kier alpha value is -0.790. The predicted octanol–water partition coefficient (Wildman–Crippen LogP) is 3.86. The van der Waals surface area contributed by atoms with Crippen molar-refractivity contribution < 1.29 is 9.53 Å². The first-order valence-electron chi connectivity index (χ1n) is 6.11. The Labute approximate surface area is 93.7 Å². The fraction of sp³-hybridized carbons (Fsp3) is 0.769. The first-order chi connectivity index (χ1) is 7.31. The van der Waals surface area contributed by atoms with Crippen molar-refractivity contribution in [1.82, 2.24) is 0 Å². The maximum absolute atomic E-state index is 10.8. The standard InChI is InChI=1S/C13H24O2/c1-3-5-6-7-8-9-10-11-12-15-13(14)4-2/h7-8H,3-6,9-12H2,1-2H3/b8-7+. The summed E-state index contributed by atoms with van der Waals surface area (Å²) in [6.45, 7) is 4.60. The summed E-state index contributed by atoms with van der Waals surface area (Å²) in [6.07, 6.45) is 11.9. The van der Waals surface area contributed by atoms with Gasteiger partial charge < -0.3 is 4.74 Å². The van der Waals surface area contributed by atoms with Gasteiger partial charge >= 0.3 is 5.97 Å². The van der Waals surface area contributed by atoms with Gasteiger partial charge in [-0.3, -0.25) is 4.79 Å². The summed E-state index contributed by atoms with van der Waals surface area (Å²) in [5.74, 6) is -0.0894. The highest BCUT2D eigenvalue weighted by Crippen LogP contribution is 2.01. The molecule has 15 heavy (non-hydrogen) atoms. The van der Waals surface area contributed by atoms with E-state index in [1.165, 1.54) is 19.3 Å². The van der Waals surface area contributed by atoms with Gasteiger partial charge in [-0.15, -0.1) is 0 Å². The van der Waals surface area contributed by atoms with Crippen LogP contribution in [0.25, 0.3) is 0 Å². The Morgan fingerprint density at radius 3 is 2.33 bits per heavy atom. The molecule has 0 spiro atoms. The Bertz CT molecular complexity index is 173. The molecule has 0 aromatic rings. The van der Waals surface area contributed by atoms with E-state index in [-0.39, 0.29) is 5.97 Å². The Morgan fingerprint density at radius 2 is 1.73 bits per heavy atom. The van der Waals surface area contributed by atoms with E-state index in [0.29, 0.717) is 13.0 Å². The number of esters is 1. The number of allylic oxidation sites excluding steroid dienone is 2. The van der Waals surface area contributed by atoms with Crippen molar-refractivity contribution in [2.24, 2.45) is 0 Å². The van der Waals surface area contributed by atoms with Gasteiger partial charge in [0.15, 0.2) is 0 Å². The van der Waals surface area contributed by atoms with Gasteiger partial charge in [0, 0.05) is 6.42 Å². The van der Waals surface area contributed by atoms with Crippen LogP contribution in [0.15, 0.2) is 12.2 Å². The van der Waals surface area contributed by atoms with Gasteiger partial charge in [0.05, 0.1) is 6.61 Å². The van der Waals surface area contributed by atoms with Crippen LogP contribution in [0, 0.1) is 0 Å². The van der Waals surface area contributed by atoms with Crippen LogP contribution >= 0.6 is 0 Å². The molecular formula is C13H24O2. The zero-order valence-electron chi connectivity index (χ0n) is 10.1. The van der Waals surface area contributed by atoms with Crippen molar-refractivity contribution in [2.75, 3.05) is 6.61 Å². The molecule has 0 aliphatic rings. The van der Waals surface area contributed by atoms with Crippen molar-refractivity contribution in [3.8, 4) is 0 Å². The smallest absolute Gasteiger partial charge is 0.305 e. The van der Waals surface area contributed by atoms with E-state index in [4.69, 9.17) is 4.74 Å². The van der Waals surface area contributed by atoms with E-state index < -0.39 is 0 Å². The SMILES string of the molecule is CCCC/C=C/CCCCOC(=O)CC. The van der Waals surface area contributed by atoms with Gasteiger partial charge in [0.2, 0.25) is 0 Å². The van der Waals surface area contributed by atoms with Crippen LogP contribution in [-0.2, 0) is 9.53 Å². The topological polar surface area (TPSA) is 26.3 Å². The lowest BCUT2D eigenvalue weighted by molar-refractivity contribution is -0.143. The van der Waals surface area contributed by atoms with Crippen molar-refractivity contribution >= 4 is 5.97 Å². The van der Waals surface area contributed by atoms with Crippen LogP contribution < -0.4 is 0 Å². The van der Waals surface area contributed by atoms with Gasteiger partial charge in [0.1, 0.15) is 0 Å². The highest BCUT2D eigenvalue weighted by Gasteiger charge is 1.95. The van der Waals surface area contributed by atoms with Crippen molar-refractivity contribution in [3.05, 3.63) is 12.2 Å². The van der Waals surface area contributed by atoms with Crippen LogP contribution in [0.1, 0.15) is 58.8 Å². The molecule has 0 aliphatic heterocycles. The van der Waals surface area contributed by atoms with E-state index in [0.717, 1.165) is 19.3 Å². The average Bonchev–Trinajstić information content (AvgIpc) is 2.26. The third-order valence-electron chi connectivity index (χ3n) is 2.21. The summed E-state index contributed by atoms with van der Waals surface area (Å²) < 4.78 is 4.97. The van der Waals surface area contributed by atoms with E-state index in [1.54, 1.807) is 0 Å². The van der Waals surface area contributed by atoms with Gasteiger partial charge in [-0.25, -0.2) is 0 Å². The largest absolute Gasteiger partial charge is 0.466 e. The quantitative estimate of drug-likeness (QED) is 0.329. The zero-order valence-corrected chi connectivity index (χ0v) is 10.1. The van der Waals surface area contributed by atoms with Crippen LogP contribution in [0.3, 0.4) is 0 Å². The minimum Gasteiger partial charge on any atom is -0.466 e. The summed E-state index contributed by atoms with van der Waals surface area (Å²) in [5.41, 5.74) is 0. The number of ether oxygens (including phenoxy) is 1. The molecule has 0 bridgehead atoms. The van der Waals surface area contributed by atoms with Crippen LogP contribution in [-0.4, -0.2) is 12.6 Å². The highest BCUT2D eigenvalue weighted by molar-refractivity contribution is 5.68. The molecule has 0 amide bonds. The molecule has 0 radical (unpaired) electrons. The second kappa shape index (κ2) is 11.3. The molecule has 0 atom stereocenters. The number of hydrogen-bond acceptors (Lipinski definition) is 2. The molecule has 2 nitrogen and oxygen atoms in total. The van der Waals surface area contributed by atoms with Crippen molar-refractivity contribution in [2.45, 2.75) is 58.8 Å². The molecule has 0 N–H and O–H groups in total.